The van der Waals surface area contributed by atoms with E-state index in [4.69, 9.17) is 13.3 Å². The molecule has 0 aliphatic rings. The molecule has 0 saturated heterocycles. The molecule has 0 bridgehead atoms. The molecule has 0 aliphatic carbocycles. The maximum Gasteiger partial charge on any atom is 0.585 e. The van der Waals surface area contributed by atoms with Gasteiger partial charge in [0.15, 0.2) is 0 Å². The summed E-state index contributed by atoms with van der Waals surface area (Å²) < 4.78 is 18.5. The van der Waals surface area contributed by atoms with E-state index < -0.39 is 7.95 Å². The minimum atomic E-state index is -2.51. The second kappa shape index (κ2) is 15.5. The Morgan fingerprint density at radius 3 is 2.19 bits per heavy atom. The van der Waals surface area contributed by atoms with Gasteiger partial charge in [0.25, 0.3) is 0 Å². The molecule has 0 aliphatic heterocycles. The van der Waals surface area contributed by atoms with Crippen LogP contribution >= 0.6 is 52.0 Å². The third-order valence-electron chi connectivity index (χ3n) is 2.70. The van der Waals surface area contributed by atoms with Gasteiger partial charge in [-0.05, 0) is 69.2 Å². The van der Waals surface area contributed by atoms with Crippen LogP contribution in [0.4, 0.5) is 0 Å². The van der Waals surface area contributed by atoms with Crippen LogP contribution in [0.15, 0.2) is 29.8 Å². The van der Waals surface area contributed by atoms with Crippen molar-refractivity contribution in [1.29, 1.82) is 0 Å². The molecule has 0 N–H and O–H groups in total. The van der Waals surface area contributed by atoms with Crippen LogP contribution in [0.3, 0.4) is 0 Å². The molecular formula is C16H27NO3S5Si. The SMILES string of the molecule is CCCSSSS[Si](OCC)(OCC)OCC.c1ccc2scnc2c1. The lowest BCUT2D eigenvalue weighted by Crippen LogP contribution is -2.42. The molecule has 2 aromatic rings. The highest BCUT2D eigenvalue weighted by Gasteiger charge is 2.43. The van der Waals surface area contributed by atoms with E-state index in [1.807, 2.05) is 55.3 Å². The van der Waals surface area contributed by atoms with E-state index in [1.165, 1.54) is 16.9 Å². The molecule has 0 radical (unpaired) electrons. The summed E-state index contributed by atoms with van der Waals surface area (Å²) in [7, 11) is 4.45. The van der Waals surface area contributed by atoms with Crippen LogP contribution in [0.2, 0.25) is 0 Å². The lowest BCUT2D eigenvalue weighted by molar-refractivity contribution is 0.0971. The molecule has 4 nitrogen and oxygen atoms in total. The third-order valence-corrected chi connectivity index (χ3v) is 16.4. The van der Waals surface area contributed by atoms with Crippen molar-refractivity contribution < 1.29 is 13.3 Å². The number of para-hydroxylation sites is 1. The first kappa shape index (κ1) is 24.6. The molecule has 1 aromatic heterocycles. The lowest BCUT2D eigenvalue weighted by atomic mass is 10.3. The second-order valence-corrected chi connectivity index (χ2v) is 16.0. The van der Waals surface area contributed by atoms with Crippen molar-refractivity contribution in [2.75, 3.05) is 25.6 Å². The van der Waals surface area contributed by atoms with Crippen molar-refractivity contribution >= 4 is 70.2 Å². The molecule has 148 valence electrons. The third kappa shape index (κ3) is 9.70. The van der Waals surface area contributed by atoms with E-state index in [1.54, 1.807) is 41.2 Å². The van der Waals surface area contributed by atoms with Crippen LogP contribution in [-0.2, 0) is 13.3 Å². The van der Waals surface area contributed by atoms with E-state index in [-0.39, 0.29) is 0 Å². The first-order valence-electron chi connectivity index (χ1n) is 8.55. The van der Waals surface area contributed by atoms with E-state index in [0.29, 0.717) is 19.8 Å². The summed E-state index contributed by atoms with van der Waals surface area (Å²) in [6.07, 6.45) is 1.20. The van der Waals surface area contributed by atoms with Gasteiger partial charge in [-0.3, -0.25) is 0 Å². The van der Waals surface area contributed by atoms with Gasteiger partial charge in [0.05, 0.1) is 15.7 Å². The Balaban J connectivity index is 0.000000308. The zero-order chi connectivity index (χ0) is 19.1. The van der Waals surface area contributed by atoms with Gasteiger partial charge >= 0.3 is 7.95 Å². The fourth-order valence-corrected chi connectivity index (χ4v) is 16.5. The molecule has 0 atom stereocenters. The van der Waals surface area contributed by atoms with E-state index in [2.05, 4.69) is 18.0 Å². The smallest absolute Gasteiger partial charge is 0.365 e. The molecule has 2 rings (SSSR count). The Bertz CT molecular complexity index is 543. The van der Waals surface area contributed by atoms with E-state index in [0.717, 1.165) is 5.52 Å². The van der Waals surface area contributed by atoms with Crippen molar-refractivity contribution in [2.24, 2.45) is 0 Å². The Labute approximate surface area is 177 Å². The standard InChI is InChI=1S/C9H22O3S4Si.C7H5NS/c1-5-9-13-14-15-16-17(10-6-2,11-7-3)12-8-4;1-2-4-7-6(3-1)8-5-9-7/h5-9H2,1-4H3;1-5H. The largest absolute Gasteiger partial charge is 0.585 e. The summed E-state index contributed by atoms with van der Waals surface area (Å²) in [5.41, 5.74) is 2.97. The molecule has 0 saturated carbocycles. The molecule has 0 fully saturated rings. The van der Waals surface area contributed by atoms with Gasteiger partial charge in [-0.2, -0.15) is 0 Å². The fraction of sp³-hybridized carbons (Fsp3) is 0.562. The number of rotatable bonds is 12. The monoisotopic (exact) mass is 469 g/mol. The van der Waals surface area contributed by atoms with Gasteiger partial charge < -0.3 is 13.3 Å². The average Bonchev–Trinajstić information content (AvgIpc) is 3.12. The Hall–Kier alpha value is 0.607. The van der Waals surface area contributed by atoms with Gasteiger partial charge in [0.2, 0.25) is 0 Å². The van der Waals surface area contributed by atoms with Crippen molar-refractivity contribution in [3.05, 3.63) is 29.8 Å². The predicted molar refractivity (Wildman–Crippen MR) is 126 cm³/mol. The van der Waals surface area contributed by atoms with Gasteiger partial charge in [0.1, 0.15) is 0 Å². The highest BCUT2D eigenvalue weighted by molar-refractivity contribution is 9.28. The number of hydrogen-bond donors (Lipinski definition) is 0. The first-order chi connectivity index (χ1) is 12.7. The van der Waals surface area contributed by atoms with Crippen molar-refractivity contribution in [3.8, 4) is 0 Å². The minimum Gasteiger partial charge on any atom is -0.365 e. The van der Waals surface area contributed by atoms with Gasteiger partial charge in [-0.15, -0.1) is 11.3 Å². The van der Waals surface area contributed by atoms with Crippen LogP contribution in [0.5, 0.6) is 0 Å². The zero-order valence-corrected chi connectivity index (χ0v) is 20.7. The predicted octanol–water partition coefficient (Wildman–Crippen LogP) is 6.92. The second-order valence-electron chi connectivity index (χ2n) is 4.66. The average molecular weight is 470 g/mol. The number of thiazole rings is 1. The van der Waals surface area contributed by atoms with Gasteiger partial charge in [-0.25, -0.2) is 4.98 Å². The quantitative estimate of drug-likeness (QED) is 0.188. The van der Waals surface area contributed by atoms with Crippen LogP contribution in [0.1, 0.15) is 34.1 Å². The Morgan fingerprint density at radius 2 is 1.62 bits per heavy atom. The summed E-state index contributed by atoms with van der Waals surface area (Å²) in [6.45, 7) is 10.0. The number of hydrogen-bond acceptors (Lipinski definition) is 9. The molecule has 1 heterocycles. The highest BCUT2D eigenvalue weighted by Crippen LogP contribution is 2.48. The molecular weight excluding hydrogens is 443 g/mol. The molecule has 1 aromatic carbocycles. The van der Waals surface area contributed by atoms with Crippen LogP contribution in [-0.4, -0.2) is 38.5 Å². The fourth-order valence-electron chi connectivity index (χ4n) is 1.72. The number of nitrogens with zero attached hydrogens (tertiary/aromatic N) is 1. The van der Waals surface area contributed by atoms with Crippen LogP contribution in [0, 0.1) is 0 Å². The maximum absolute atomic E-state index is 5.73. The summed E-state index contributed by atoms with van der Waals surface area (Å²) in [5.74, 6) is 1.17. The van der Waals surface area contributed by atoms with Gasteiger partial charge in [-0.1, -0.05) is 29.9 Å². The lowest BCUT2D eigenvalue weighted by Gasteiger charge is -2.25. The van der Waals surface area contributed by atoms with Crippen LogP contribution in [0.25, 0.3) is 10.2 Å². The molecule has 0 unspecified atom stereocenters. The van der Waals surface area contributed by atoms with E-state index >= 15 is 0 Å². The topological polar surface area (TPSA) is 40.6 Å². The van der Waals surface area contributed by atoms with Gasteiger partial charge in [0, 0.05) is 25.6 Å². The number of fused-ring (bicyclic) bond motifs is 1. The Kier molecular flexibility index (Phi) is 14.7. The van der Waals surface area contributed by atoms with E-state index in [9.17, 15) is 0 Å². The summed E-state index contributed by atoms with van der Waals surface area (Å²) in [4.78, 5) is 4.14. The zero-order valence-electron chi connectivity index (χ0n) is 15.6. The van der Waals surface area contributed by atoms with Crippen molar-refractivity contribution in [1.82, 2.24) is 4.98 Å². The first-order valence-corrected chi connectivity index (χ1v) is 16.9. The molecule has 26 heavy (non-hydrogen) atoms. The molecule has 0 spiro atoms. The number of aromatic nitrogens is 1. The summed E-state index contributed by atoms with van der Waals surface area (Å²) in [6, 6.07) is 8.13. The Morgan fingerprint density at radius 1 is 0.962 bits per heavy atom. The summed E-state index contributed by atoms with van der Waals surface area (Å²) in [5, 5.41) is 0. The normalized spacial score (nSPS) is 11.4. The minimum absolute atomic E-state index is 0.631. The van der Waals surface area contributed by atoms with Crippen LogP contribution < -0.4 is 0 Å². The maximum atomic E-state index is 5.73. The highest BCUT2D eigenvalue weighted by atomic mass is 33.7. The van der Waals surface area contributed by atoms with Crippen molar-refractivity contribution in [2.45, 2.75) is 34.1 Å². The molecule has 10 heteroatoms. The number of benzene rings is 1. The summed E-state index contributed by atoms with van der Waals surface area (Å²) >= 11 is 1.68. The van der Waals surface area contributed by atoms with Crippen molar-refractivity contribution in [3.63, 3.8) is 0 Å². The molecule has 0 amide bonds.